The molecular weight excluding hydrogens is 236 g/mol. The van der Waals surface area contributed by atoms with Crippen molar-refractivity contribution in [2.24, 2.45) is 0 Å². The molecule has 0 aliphatic carbocycles. The lowest BCUT2D eigenvalue weighted by Crippen LogP contribution is -2.63. The first kappa shape index (κ1) is 14.4. The Kier molecular flexibility index (Phi) is 3.88. The minimum atomic E-state index is 0.0727. The van der Waals surface area contributed by atoms with Gasteiger partial charge in [0.15, 0.2) is 0 Å². The second kappa shape index (κ2) is 5.14. The van der Waals surface area contributed by atoms with Crippen LogP contribution in [0, 0.1) is 13.8 Å². The maximum atomic E-state index is 9.60. The second-order valence-corrected chi connectivity index (χ2v) is 6.49. The molecule has 0 amide bonds. The fourth-order valence-electron chi connectivity index (χ4n) is 3.02. The van der Waals surface area contributed by atoms with E-state index in [9.17, 15) is 5.11 Å². The van der Waals surface area contributed by atoms with E-state index >= 15 is 0 Å². The van der Waals surface area contributed by atoms with Gasteiger partial charge in [-0.1, -0.05) is 6.07 Å². The molecular formula is C16H26N2O. The zero-order valence-corrected chi connectivity index (χ0v) is 12.8. The molecule has 3 heteroatoms. The lowest BCUT2D eigenvalue weighted by Gasteiger charge is -2.50. The molecule has 0 spiro atoms. The standard InChI is InChI=1S/C16H26N2O/c1-12-6-13(2)8-14(7-12)18-9-15(10-19)17(5)16(3,4)11-18/h6-8,15,19H,9-11H2,1-5H3. The Labute approximate surface area is 116 Å². The van der Waals surface area contributed by atoms with Crippen molar-refractivity contribution in [3.05, 3.63) is 29.3 Å². The summed E-state index contributed by atoms with van der Waals surface area (Å²) in [6, 6.07) is 6.88. The molecule has 0 radical (unpaired) electrons. The Hall–Kier alpha value is -1.06. The van der Waals surface area contributed by atoms with Crippen LogP contribution in [0.1, 0.15) is 25.0 Å². The summed E-state index contributed by atoms with van der Waals surface area (Å²) >= 11 is 0. The largest absolute Gasteiger partial charge is 0.395 e. The zero-order chi connectivity index (χ0) is 14.2. The Morgan fingerprint density at radius 1 is 1.21 bits per heavy atom. The van der Waals surface area contributed by atoms with E-state index in [0.717, 1.165) is 13.1 Å². The lowest BCUT2D eigenvalue weighted by atomic mass is 9.95. The van der Waals surface area contributed by atoms with Crippen molar-refractivity contribution >= 4 is 5.69 Å². The predicted octanol–water partition coefficient (Wildman–Crippen LogP) is 2.19. The third-order valence-corrected chi connectivity index (χ3v) is 4.29. The number of nitrogens with zero attached hydrogens (tertiary/aromatic N) is 2. The van der Waals surface area contributed by atoms with Gasteiger partial charge in [-0.2, -0.15) is 0 Å². The van der Waals surface area contributed by atoms with Crippen LogP contribution >= 0.6 is 0 Å². The van der Waals surface area contributed by atoms with Gasteiger partial charge in [0, 0.05) is 24.3 Å². The Bertz CT molecular complexity index is 436. The van der Waals surface area contributed by atoms with Crippen LogP contribution in [0.3, 0.4) is 0 Å². The molecule has 1 heterocycles. The minimum absolute atomic E-state index is 0.0727. The second-order valence-electron chi connectivity index (χ2n) is 6.49. The first-order valence-corrected chi connectivity index (χ1v) is 7.00. The van der Waals surface area contributed by atoms with Crippen molar-refractivity contribution in [1.82, 2.24) is 4.90 Å². The van der Waals surface area contributed by atoms with Gasteiger partial charge >= 0.3 is 0 Å². The molecule has 1 aromatic rings. The number of benzene rings is 1. The molecule has 19 heavy (non-hydrogen) atoms. The van der Waals surface area contributed by atoms with E-state index < -0.39 is 0 Å². The van der Waals surface area contributed by atoms with Crippen LogP contribution in [-0.2, 0) is 0 Å². The summed E-state index contributed by atoms with van der Waals surface area (Å²) in [6.45, 7) is 10.8. The van der Waals surface area contributed by atoms with Gasteiger partial charge in [0.2, 0.25) is 0 Å². The fourth-order valence-corrected chi connectivity index (χ4v) is 3.02. The van der Waals surface area contributed by atoms with Gasteiger partial charge in [-0.25, -0.2) is 0 Å². The first-order valence-electron chi connectivity index (χ1n) is 7.00. The Balaban J connectivity index is 2.30. The van der Waals surface area contributed by atoms with Crippen LogP contribution in [0.2, 0.25) is 0 Å². The minimum Gasteiger partial charge on any atom is -0.395 e. The summed E-state index contributed by atoms with van der Waals surface area (Å²) in [5, 5.41) is 9.60. The van der Waals surface area contributed by atoms with Gasteiger partial charge in [-0.05, 0) is 58.0 Å². The van der Waals surface area contributed by atoms with E-state index in [0.29, 0.717) is 0 Å². The van der Waals surface area contributed by atoms with Crippen LogP contribution in [0.15, 0.2) is 18.2 Å². The number of rotatable bonds is 2. The fraction of sp³-hybridized carbons (Fsp3) is 0.625. The summed E-state index contributed by atoms with van der Waals surface area (Å²) in [5.41, 5.74) is 3.94. The van der Waals surface area contributed by atoms with Crippen LogP contribution in [0.4, 0.5) is 5.69 Å². The molecule has 1 saturated heterocycles. The maximum absolute atomic E-state index is 9.60. The molecule has 1 N–H and O–H groups in total. The van der Waals surface area contributed by atoms with Crippen molar-refractivity contribution in [1.29, 1.82) is 0 Å². The molecule has 0 saturated carbocycles. The van der Waals surface area contributed by atoms with Gasteiger partial charge < -0.3 is 10.0 Å². The molecule has 1 aliphatic rings. The van der Waals surface area contributed by atoms with Gasteiger partial charge in [-0.15, -0.1) is 0 Å². The normalized spacial score (nSPS) is 23.7. The highest BCUT2D eigenvalue weighted by atomic mass is 16.3. The summed E-state index contributed by atoms with van der Waals surface area (Å²) in [5.74, 6) is 0. The molecule has 1 unspecified atom stereocenters. The molecule has 0 bridgehead atoms. The molecule has 1 fully saturated rings. The number of aryl methyl sites for hydroxylation is 2. The SMILES string of the molecule is Cc1cc(C)cc(N2CC(CO)N(C)C(C)(C)C2)c1. The average Bonchev–Trinajstić information content (AvgIpc) is 2.31. The maximum Gasteiger partial charge on any atom is 0.0604 e. The first-order chi connectivity index (χ1) is 8.83. The van der Waals surface area contributed by atoms with E-state index in [-0.39, 0.29) is 18.2 Å². The van der Waals surface area contributed by atoms with Gasteiger partial charge in [0.25, 0.3) is 0 Å². The summed E-state index contributed by atoms with van der Waals surface area (Å²) in [4.78, 5) is 4.70. The molecule has 3 nitrogen and oxygen atoms in total. The highest BCUT2D eigenvalue weighted by Gasteiger charge is 2.37. The number of aliphatic hydroxyl groups excluding tert-OH is 1. The van der Waals surface area contributed by atoms with E-state index in [4.69, 9.17) is 0 Å². The van der Waals surface area contributed by atoms with E-state index in [2.05, 4.69) is 62.7 Å². The molecule has 1 atom stereocenters. The summed E-state index contributed by atoms with van der Waals surface area (Å²) in [6.07, 6.45) is 0. The van der Waals surface area contributed by atoms with E-state index in [1.54, 1.807) is 0 Å². The zero-order valence-electron chi connectivity index (χ0n) is 12.8. The Morgan fingerprint density at radius 3 is 2.32 bits per heavy atom. The monoisotopic (exact) mass is 262 g/mol. The Morgan fingerprint density at radius 2 is 1.79 bits per heavy atom. The highest BCUT2D eigenvalue weighted by molar-refractivity contribution is 5.52. The number of piperazine rings is 1. The lowest BCUT2D eigenvalue weighted by molar-refractivity contribution is 0.0455. The quantitative estimate of drug-likeness (QED) is 0.885. The van der Waals surface area contributed by atoms with Crippen molar-refractivity contribution in [2.45, 2.75) is 39.3 Å². The summed E-state index contributed by atoms with van der Waals surface area (Å²) < 4.78 is 0. The van der Waals surface area contributed by atoms with Gasteiger partial charge in [0.1, 0.15) is 0 Å². The van der Waals surface area contributed by atoms with Crippen molar-refractivity contribution < 1.29 is 5.11 Å². The van der Waals surface area contributed by atoms with Crippen molar-refractivity contribution in [3.63, 3.8) is 0 Å². The third kappa shape index (κ3) is 2.93. The van der Waals surface area contributed by atoms with Crippen LogP contribution in [0.5, 0.6) is 0 Å². The third-order valence-electron chi connectivity index (χ3n) is 4.29. The predicted molar refractivity (Wildman–Crippen MR) is 80.8 cm³/mol. The molecule has 106 valence electrons. The topological polar surface area (TPSA) is 26.7 Å². The molecule has 2 rings (SSSR count). The number of anilines is 1. The number of hydrogen-bond donors (Lipinski definition) is 1. The molecule has 1 aliphatic heterocycles. The van der Waals surface area contributed by atoms with Crippen LogP contribution in [-0.4, -0.2) is 48.3 Å². The van der Waals surface area contributed by atoms with E-state index in [1.165, 1.54) is 16.8 Å². The van der Waals surface area contributed by atoms with Gasteiger partial charge in [-0.3, -0.25) is 4.90 Å². The van der Waals surface area contributed by atoms with Crippen molar-refractivity contribution in [2.75, 3.05) is 31.6 Å². The number of aliphatic hydroxyl groups is 1. The van der Waals surface area contributed by atoms with E-state index in [1.807, 2.05) is 0 Å². The molecule has 1 aromatic carbocycles. The van der Waals surface area contributed by atoms with Crippen LogP contribution in [0.25, 0.3) is 0 Å². The van der Waals surface area contributed by atoms with Crippen LogP contribution < -0.4 is 4.90 Å². The summed E-state index contributed by atoms with van der Waals surface area (Å²) in [7, 11) is 2.11. The molecule has 0 aromatic heterocycles. The van der Waals surface area contributed by atoms with Gasteiger partial charge in [0.05, 0.1) is 12.6 Å². The smallest absolute Gasteiger partial charge is 0.0604 e. The van der Waals surface area contributed by atoms with Crippen molar-refractivity contribution in [3.8, 4) is 0 Å². The number of likely N-dealkylation sites (N-methyl/N-ethyl adjacent to an activating group) is 1. The highest BCUT2D eigenvalue weighted by Crippen LogP contribution is 2.28. The number of hydrogen-bond acceptors (Lipinski definition) is 3. The average molecular weight is 262 g/mol.